The standard InChI is InChI=1S/C27H28ClFN8O2/c1-39-27(38)35-10-2-3-19(14-35)20-13-32-36(15-20)24(11-17-4-5-17)22-8-6-18(12-30-22)25-23(37-16-31-33-34-37)9-7-21(28)26(25)29/h6-9,12-13,15-17,19,24H,2-5,10-11,14H2,1H3/p+1. The molecule has 0 radical (unpaired) electrons. The normalized spacial score (nSPS) is 18.2. The lowest BCUT2D eigenvalue weighted by molar-refractivity contribution is -0.659. The second-order valence-corrected chi connectivity index (χ2v) is 10.6. The number of H-pyrrole nitrogens is 1. The Kier molecular flexibility index (Phi) is 6.99. The maximum Gasteiger partial charge on any atom is 0.409 e. The first kappa shape index (κ1) is 25.4. The van der Waals surface area contributed by atoms with Gasteiger partial charge in [-0.05, 0) is 48.9 Å². The summed E-state index contributed by atoms with van der Waals surface area (Å²) < 4.78 is 23.7. The highest BCUT2D eigenvalue weighted by atomic mass is 35.5. The Morgan fingerprint density at radius 3 is 2.85 bits per heavy atom. The lowest BCUT2D eigenvalue weighted by Gasteiger charge is -2.31. The summed E-state index contributed by atoms with van der Waals surface area (Å²) in [6, 6.07) is 6.97. The Morgan fingerprint density at radius 2 is 2.13 bits per heavy atom. The zero-order chi connectivity index (χ0) is 26.9. The number of hydrogen-bond acceptors (Lipinski definition) is 6. The molecule has 2 fully saturated rings. The molecule has 4 heterocycles. The first-order chi connectivity index (χ1) is 19.0. The average molecular weight is 552 g/mol. The van der Waals surface area contributed by atoms with Gasteiger partial charge in [0, 0.05) is 37.0 Å². The quantitative estimate of drug-likeness (QED) is 0.340. The van der Waals surface area contributed by atoms with Gasteiger partial charge in [-0.25, -0.2) is 9.18 Å². The number of ether oxygens (including phenoxy) is 1. The number of amides is 1. The monoisotopic (exact) mass is 551 g/mol. The molecular weight excluding hydrogens is 523 g/mol. The van der Waals surface area contributed by atoms with Gasteiger partial charge in [-0.15, -0.1) is 4.68 Å². The number of aromatic amines is 1. The van der Waals surface area contributed by atoms with Gasteiger partial charge in [-0.2, -0.15) is 5.10 Å². The van der Waals surface area contributed by atoms with Crippen LogP contribution in [0.4, 0.5) is 9.18 Å². The molecule has 12 heteroatoms. The molecule has 1 saturated heterocycles. The molecule has 6 rings (SSSR count). The number of benzene rings is 1. The van der Waals surface area contributed by atoms with Crippen molar-refractivity contribution >= 4 is 17.7 Å². The number of tetrazole rings is 1. The molecule has 10 nitrogen and oxygen atoms in total. The van der Waals surface area contributed by atoms with Crippen molar-refractivity contribution in [3.63, 3.8) is 0 Å². The molecule has 1 amide bonds. The number of rotatable bonds is 7. The number of piperidine rings is 1. The fourth-order valence-electron chi connectivity index (χ4n) is 5.37. The molecule has 0 spiro atoms. The largest absolute Gasteiger partial charge is 0.453 e. The van der Waals surface area contributed by atoms with Crippen LogP contribution in [0.25, 0.3) is 16.8 Å². The van der Waals surface area contributed by atoms with Gasteiger partial charge in [0.25, 0.3) is 6.33 Å². The van der Waals surface area contributed by atoms with Crippen LogP contribution in [0, 0.1) is 11.7 Å². The number of likely N-dealkylation sites (tertiary alicyclic amines) is 1. The Bertz CT molecular complexity index is 1460. The van der Waals surface area contributed by atoms with E-state index in [1.165, 1.54) is 37.0 Å². The molecular formula is C27H29ClFN8O2+. The van der Waals surface area contributed by atoms with Crippen molar-refractivity contribution in [1.82, 2.24) is 35.2 Å². The average Bonchev–Trinajstić information content (AvgIpc) is 3.39. The molecule has 1 aliphatic heterocycles. The van der Waals surface area contributed by atoms with E-state index in [9.17, 15) is 4.79 Å². The first-order valence-electron chi connectivity index (χ1n) is 13.1. The summed E-state index contributed by atoms with van der Waals surface area (Å²) in [7, 11) is 1.42. The van der Waals surface area contributed by atoms with E-state index in [0.29, 0.717) is 35.8 Å². The van der Waals surface area contributed by atoms with Crippen LogP contribution in [-0.4, -0.2) is 61.5 Å². The van der Waals surface area contributed by atoms with Crippen molar-refractivity contribution < 1.29 is 18.6 Å². The highest BCUT2D eigenvalue weighted by Crippen LogP contribution is 2.40. The number of nitrogens with zero attached hydrogens (tertiary/aromatic N) is 7. The minimum atomic E-state index is -0.537. The van der Waals surface area contributed by atoms with Gasteiger partial charge in [0.2, 0.25) is 0 Å². The van der Waals surface area contributed by atoms with Crippen molar-refractivity contribution in [2.75, 3.05) is 20.2 Å². The molecule has 2 aliphatic rings. The number of nitrogens with one attached hydrogen (secondary N) is 1. The van der Waals surface area contributed by atoms with Crippen molar-refractivity contribution in [2.24, 2.45) is 5.92 Å². The van der Waals surface area contributed by atoms with Gasteiger partial charge >= 0.3 is 6.09 Å². The van der Waals surface area contributed by atoms with Crippen LogP contribution in [0.15, 0.2) is 49.2 Å². The first-order valence-corrected chi connectivity index (χ1v) is 13.5. The van der Waals surface area contributed by atoms with E-state index in [1.807, 2.05) is 23.0 Å². The van der Waals surface area contributed by atoms with E-state index < -0.39 is 5.82 Å². The second kappa shape index (κ2) is 10.7. The van der Waals surface area contributed by atoms with E-state index in [-0.39, 0.29) is 23.1 Å². The zero-order valence-corrected chi connectivity index (χ0v) is 22.3. The van der Waals surface area contributed by atoms with E-state index in [0.717, 1.165) is 30.5 Å². The Morgan fingerprint density at radius 1 is 1.26 bits per heavy atom. The summed E-state index contributed by atoms with van der Waals surface area (Å²) in [6.07, 6.45) is 12.1. The lowest BCUT2D eigenvalue weighted by atomic mass is 9.93. The van der Waals surface area contributed by atoms with Gasteiger partial charge in [-0.1, -0.05) is 35.7 Å². The van der Waals surface area contributed by atoms with Gasteiger partial charge in [-0.3, -0.25) is 9.67 Å². The fourth-order valence-corrected chi connectivity index (χ4v) is 5.53. The summed E-state index contributed by atoms with van der Waals surface area (Å²) >= 11 is 6.14. The van der Waals surface area contributed by atoms with Crippen LogP contribution >= 0.6 is 11.6 Å². The Balaban J connectivity index is 1.29. The van der Waals surface area contributed by atoms with Gasteiger partial charge in [0.1, 0.15) is 10.8 Å². The molecule has 1 saturated carbocycles. The third-order valence-electron chi connectivity index (χ3n) is 7.65. The minimum Gasteiger partial charge on any atom is -0.453 e. The molecule has 1 N–H and O–H groups in total. The maximum atomic E-state index is 15.2. The van der Waals surface area contributed by atoms with Crippen molar-refractivity contribution in [2.45, 2.75) is 44.1 Å². The summed E-state index contributed by atoms with van der Waals surface area (Å²) in [4.78, 5) is 18.6. The van der Waals surface area contributed by atoms with Crippen molar-refractivity contribution in [1.29, 1.82) is 0 Å². The van der Waals surface area contributed by atoms with Gasteiger partial charge in [0.05, 0.1) is 35.6 Å². The van der Waals surface area contributed by atoms with Crippen LogP contribution in [0.1, 0.15) is 55.3 Å². The fraction of sp³-hybridized carbons (Fsp3) is 0.407. The van der Waals surface area contributed by atoms with Gasteiger partial charge < -0.3 is 9.64 Å². The topological polar surface area (TPSA) is 106 Å². The van der Waals surface area contributed by atoms with Crippen molar-refractivity contribution in [3.8, 4) is 16.8 Å². The van der Waals surface area contributed by atoms with Crippen LogP contribution < -0.4 is 4.68 Å². The number of carbonyl (C=O) groups excluding carboxylic acids is 1. The zero-order valence-electron chi connectivity index (χ0n) is 21.5. The smallest absolute Gasteiger partial charge is 0.409 e. The summed E-state index contributed by atoms with van der Waals surface area (Å²) in [5, 5.41) is 15.0. The van der Waals surface area contributed by atoms with Crippen LogP contribution in [-0.2, 0) is 4.74 Å². The third-order valence-corrected chi connectivity index (χ3v) is 7.94. The number of aromatic nitrogens is 7. The van der Waals surface area contributed by atoms with Crippen LogP contribution in [0.3, 0.4) is 0 Å². The summed E-state index contributed by atoms with van der Waals surface area (Å²) in [6.45, 7) is 1.33. The van der Waals surface area contributed by atoms with E-state index in [2.05, 4.69) is 21.7 Å². The summed E-state index contributed by atoms with van der Waals surface area (Å²) in [5.74, 6) is 0.308. The molecule has 1 aliphatic carbocycles. The number of carbonyl (C=O) groups is 1. The number of methoxy groups -OCH3 is 1. The predicted octanol–water partition coefficient (Wildman–Crippen LogP) is 4.47. The highest BCUT2D eigenvalue weighted by Gasteiger charge is 2.31. The van der Waals surface area contributed by atoms with Gasteiger partial charge in [0.15, 0.2) is 11.0 Å². The third kappa shape index (κ3) is 5.23. The van der Waals surface area contributed by atoms with E-state index in [1.54, 1.807) is 17.2 Å². The Labute approximate surface area is 229 Å². The number of pyridine rings is 1. The lowest BCUT2D eigenvalue weighted by Crippen LogP contribution is -2.38. The molecule has 2 atom stereocenters. The van der Waals surface area contributed by atoms with E-state index >= 15 is 4.39 Å². The molecule has 2 unspecified atom stereocenters. The number of halogens is 2. The second-order valence-electron chi connectivity index (χ2n) is 10.2. The predicted molar refractivity (Wildman–Crippen MR) is 140 cm³/mol. The number of hydrogen-bond donors (Lipinski definition) is 1. The van der Waals surface area contributed by atoms with Crippen LogP contribution in [0.5, 0.6) is 0 Å². The molecule has 0 bridgehead atoms. The molecule has 39 heavy (non-hydrogen) atoms. The molecule has 1 aromatic carbocycles. The van der Waals surface area contributed by atoms with Crippen LogP contribution in [0.2, 0.25) is 5.02 Å². The Hall–Kier alpha value is -3.86. The summed E-state index contributed by atoms with van der Waals surface area (Å²) in [5.41, 5.74) is 3.39. The maximum absolute atomic E-state index is 15.2. The molecule has 202 valence electrons. The SMILES string of the molecule is COC(=O)N1CCCC(c2cnn(C(CC3CC3)c3ccc(-c4c(-[n+]5cnn[nH]5)ccc(Cl)c4F)cn3)c2)C1. The van der Waals surface area contributed by atoms with E-state index in [4.69, 9.17) is 26.4 Å². The highest BCUT2D eigenvalue weighted by molar-refractivity contribution is 6.31. The molecule has 3 aromatic heterocycles. The molecule has 4 aromatic rings. The minimum absolute atomic E-state index is 0.0232. The van der Waals surface area contributed by atoms with Crippen molar-refractivity contribution in [3.05, 3.63) is 71.3 Å².